The molecule has 0 atom stereocenters. The third-order valence-electron chi connectivity index (χ3n) is 3.87. The van der Waals surface area contributed by atoms with Crippen molar-refractivity contribution >= 4 is 23.3 Å². The van der Waals surface area contributed by atoms with Crippen molar-refractivity contribution in [3.63, 3.8) is 0 Å². The summed E-state index contributed by atoms with van der Waals surface area (Å²) in [4.78, 5) is 38.6. The van der Waals surface area contributed by atoms with Crippen LogP contribution in [0.4, 0.5) is 18.9 Å². The number of alkyl halides is 3. The molecule has 0 aliphatic carbocycles. The number of ketones is 1. The maximum atomic E-state index is 12.4. The summed E-state index contributed by atoms with van der Waals surface area (Å²) in [5.41, 5.74) is 2.19. The molecule has 27 heavy (non-hydrogen) atoms. The zero-order valence-electron chi connectivity index (χ0n) is 14.9. The number of aryl methyl sites for hydroxylation is 1. The van der Waals surface area contributed by atoms with Crippen LogP contribution >= 0.6 is 0 Å². The van der Waals surface area contributed by atoms with Crippen molar-refractivity contribution < 1.29 is 27.6 Å². The van der Waals surface area contributed by atoms with E-state index >= 15 is 0 Å². The number of Topliss-reactive ketones (excluding diaryl/α,β-unsaturated/α-hetero) is 1. The summed E-state index contributed by atoms with van der Waals surface area (Å²) >= 11 is 0. The molecule has 0 fully saturated rings. The fourth-order valence-corrected chi connectivity index (χ4v) is 2.69. The van der Waals surface area contributed by atoms with Gasteiger partial charge in [-0.25, -0.2) is 0 Å². The fourth-order valence-electron chi connectivity index (χ4n) is 2.69. The number of hydrogen-bond acceptors (Lipinski definition) is 3. The number of rotatable bonds is 5. The van der Waals surface area contributed by atoms with Gasteiger partial charge in [-0.15, -0.1) is 0 Å². The Hall–Kier alpha value is -3.10. The van der Waals surface area contributed by atoms with Crippen LogP contribution in [0.15, 0.2) is 24.3 Å². The second-order valence-corrected chi connectivity index (χ2v) is 6.01. The smallest absolute Gasteiger partial charge is 0.354 e. The van der Waals surface area contributed by atoms with E-state index < -0.39 is 24.5 Å². The number of hydrogen-bond donors (Lipinski definition) is 3. The Kier molecular flexibility index (Phi) is 5.72. The SMILES string of the molecule is CC(=O)c1c(C)[nH]c(C(=O)Nc2ccc(C(=O)NCC(F)(F)F)cc2)c1C. The van der Waals surface area contributed by atoms with E-state index in [1.165, 1.54) is 31.2 Å². The quantitative estimate of drug-likeness (QED) is 0.694. The Morgan fingerprint density at radius 3 is 2.11 bits per heavy atom. The van der Waals surface area contributed by atoms with Crippen molar-refractivity contribution in [2.75, 3.05) is 11.9 Å². The molecule has 0 radical (unpaired) electrons. The molecule has 9 heteroatoms. The third kappa shape index (κ3) is 4.96. The average molecular weight is 381 g/mol. The second-order valence-electron chi connectivity index (χ2n) is 6.01. The van der Waals surface area contributed by atoms with Crippen molar-refractivity contribution in [1.29, 1.82) is 0 Å². The van der Waals surface area contributed by atoms with Gasteiger partial charge in [0.25, 0.3) is 11.8 Å². The number of anilines is 1. The number of halogens is 3. The topological polar surface area (TPSA) is 91.1 Å². The second kappa shape index (κ2) is 7.65. The lowest BCUT2D eigenvalue weighted by Crippen LogP contribution is -2.33. The van der Waals surface area contributed by atoms with Gasteiger partial charge in [0.15, 0.2) is 5.78 Å². The largest absolute Gasteiger partial charge is 0.405 e. The maximum Gasteiger partial charge on any atom is 0.405 e. The summed E-state index contributed by atoms with van der Waals surface area (Å²) in [5, 5.41) is 4.37. The summed E-state index contributed by atoms with van der Waals surface area (Å²) < 4.78 is 36.4. The zero-order chi connectivity index (χ0) is 20.4. The van der Waals surface area contributed by atoms with E-state index in [1.807, 2.05) is 0 Å². The van der Waals surface area contributed by atoms with E-state index in [9.17, 15) is 27.6 Å². The van der Waals surface area contributed by atoms with Gasteiger partial charge in [0.05, 0.1) is 0 Å². The number of carbonyl (C=O) groups excluding carboxylic acids is 3. The fraction of sp³-hybridized carbons (Fsp3) is 0.278. The van der Waals surface area contributed by atoms with Crippen LogP contribution in [0.25, 0.3) is 0 Å². The van der Waals surface area contributed by atoms with Crippen LogP contribution in [0.1, 0.15) is 49.4 Å². The number of carbonyl (C=O) groups is 3. The summed E-state index contributed by atoms with van der Waals surface area (Å²) in [6, 6.07) is 5.40. The van der Waals surface area contributed by atoms with Crippen LogP contribution in [-0.2, 0) is 0 Å². The molecule has 3 N–H and O–H groups in total. The van der Waals surface area contributed by atoms with Gasteiger partial charge >= 0.3 is 6.18 Å². The van der Waals surface area contributed by atoms with E-state index in [0.717, 1.165) is 0 Å². The molecule has 0 spiro atoms. The number of H-pyrrole nitrogens is 1. The number of nitrogens with one attached hydrogen (secondary N) is 3. The third-order valence-corrected chi connectivity index (χ3v) is 3.87. The predicted molar refractivity (Wildman–Crippen MR) is 93.1 cm³/mol. The Balaban J connectivity index is 2.08. The van der Waals surface area contributed by atoms with Crippen LogP contribution in [0.5, 0.6) is 0 Å². The molecule has 0 saturated heterocycles. The van der Waals surface area contributed by atoms with Gasteiger partial charge in [-0.3, -0.25) is 14.4 Å². The van der Waals surface area contributed by atoms with Gasteiger partial charge in [-0.2, -0.15) is 13.2 Å². The Labute approximate surface area is 153 Å². The van der Waals surface area contributed by atoms with Crippen LogP contribution < -0.4 is 10.6 Å². The lowest BCUT2D eigenvalue weighted by molar-refractivity contribution is -0.123. The summed E-state index contributed by atoms with van der Waals surface area (Å²) in [6.45, 7) is 3.33. The van der Waals surface area contributed by atoms with E-state index in [-0.39, 0.29) is 17.0 Å². The van der Waals surface area contributed by atoms with E-state index in [0.29, 0.717) is 22.5 Å². The molecule has 2 amide bonds. The highest BCUT2D eigenvalue weighted by Crippen LogP contribution is 2.20. The first-order chi connectivity index (χ1) is 12.5. The highest BCUT2D eigenvalue weighted by Gasteiger charge is 2.28. The van der Waals surface area contributed by atoms with Crippen molar-refractivity contribution in [2.24, 2.45) is 0 Å². The van der Waals surface area contributed by atoms with E-state index in [2.05, 4.69) is 10.3 Å². The zero-order valence-corrected chi connectivity index (χ0v) is 14.9. The highest BCUT2D eigenvalue weighted by atomic mass is 19.4. The molecule has 6 nitrogen and oxygen atoms in total. The molecule has 2 aromatic rings. The minimum absolute atomic E-state index is 0.0306. The van der Waals surface area contributed by atoms with Gasteiger partial charge in [-0.05, 0) is 50.6 Å². The molecule has 0 aliphatic heterocycles. The summed E-state index contributed by atoms with van der Waals surface area (Å²) in [7, 11) is 0. The van der Waals surface area contributed by atoms with Gasteiger partial charge in [0.2, 0.25) is 0 Å². The first-order valence-corrected chi connectivity index (χ1v) is 7.96. The summed E-state index contributed by atoms with van der Waals surface area (Å²) in [6.07, 6.45) is -4.49. The minimum Gasteiger partial charge on any atom is -0.354 e. The lowest BCUT2D eigenvalue weighted by atomic mass is 10.1. The number of aromatic nitrogens is 1. The van der Waals surface area contributed by atoms with Crippen LogP contribution in [0, 0.1) is 13.8 Å². The van der Waals surface area contributed by atoms with Gasteiger partial charge in [0.1, 0.15) is 12.2 Å². The Morgan fingerprint density at radius 1 is 1.04 bits per heavy atom. The van der Waals surface area contributed by atoms with Crippen LogP contribution in [0.2, 0.25) is 0 Å². The molecule has 144 valence electrons. The molecular weight excluding hydrogens is 363 g/mol. The minimum atomic E-state index is -4.49. The Bertz CT molecular complexity index is 884. The average Bonchev–Trinajstić information content (AvgIpc) is 2.87. The number of amides is 2. The van der Waals surface area contributed by atoms with Crippen molar-refractivity contribution in [3.8, 4) is 0 Å². The van der Waals surface area contributed by atoms with Gasteiger partial charge in [0, 0.05) is 22.5 Å². The molecule has 0 bridgehead atoms. The molecular formula is C18H18F3N3O3. The van der Waals surface area contributed by atoms with E-state index in [1.54, 1.807) is 19.2 Å². The van der Waals surface area contributed by atoms with Crippen molar-refractivity contribution in [3.05, 3.63) is 52.3 Å². The molecule has 0 saturated carbocycles. The molecule has 2 rings (SSSR count). The Morgan fingerprint density at radius 2 is 1.63 bits per heavy atom. The molecule has 1 heterocycles. The van der Waals surface area contributed by atoms with Crippen molar-refractivity contribution in [2.45, 2.75) is 26.9 Å². The number of benzene rings is 1. The molecule has 0 aliphatic rings. The normalized spacial score (nSPS) is 11.2. The lowest BCUT2D eigenvalue weighted by Gasteiger charge is -2.09. The number of aromatic amines is 1. The molecule has 1 aromatic heterocycles. The van der Waals surface area contributed by atoms with Crippen LogP contribution in [-0.4, -0.2) is 35.3 Å². The van der Waals surface area contributed by atoms with Gasteiger partial charge in [-0.1, -0.05) is 0 Å². The summed E-state index contributed by atoms with van der Waals surface area (Å²) in [5.74, 6) is -1.50. The first kappa shape index (κ1) is 20.2. The standard InChI is InChI=1S/C18H18F3N3O3/c1-9-14(11(3)25)10(2)23-15(9)17(27)24-13-6-4-12(5-7-13)16(26)22-8-18(19,20)21/h4-7,23H,8H2,1-3H3,(H,22,26)(H,24,27). The maximum absolute atomic E-state index is 12.4. The van der Waals surface area contributed by atoms with Crippen molar-refractivity contribution in [1.82, 2.24) is 10.3 Å². The molecule has 0 unspecified atom stereocenters. The molecule has 1 aromatic carbocycles. The monoisotopic (exact) mass is 381 g/mol. The van der Waals surface area contributed by atoms with Gasteiger partial charge < -0.3 is 15.6 Å². The first-order valence-electron chi connectivity index (χ1n) is 7.96. The van der Waals surface area contributed by atoms with Crippen LogP contribution in [0.3, 0.4) is 0 Å². The predicted octanol–water partition coefficient (Wildman–Crippen LogP) is 3.38. The van der Waals surface area contributed by atoms with E-state index in [4.69, 9.17) is 0 Å². The highest BCUT2D eigenvalue weighted by molar-refractivity contribution is 6.07.